The van der Waals surface area contributed by atoms with E-state index in [-0.39, 0.29) is 0 Å². The first-order chi connectivity index (χ1) is 10.3. The van der Waals surface area contributed by atoms with Crippen LogP contribution in [0, 0.1) is 0 Å². The van der Waals surface area contributed by atoms with Crippen LogP contribution in [0.25, 0.3) is 0 Å². The number of hydrogen-bond donors (Lipinski definition) is 0. The minimum absolute atomic E-state index is 0.901. The van der Waals surface area contributed by atoms with Crippen molar-refractivity contribution >= 4 is 27.3 Å². The number of nitrogens with zero attached hydrogens (tertiary/aromatic N) is 3. The van der Waals surface area contributed by atoms with Crippen LogP contribution >= 0.6 is 15.9 Å². The first-order valence-corrected chi connectivity index (χ1v) is 7.80. The molecular formula is C16H18BrN3O. The number of hydrogen-bond acceptors (Lipinski definition) is 4. The Morgan fingerprint density at radius 1 is 1.00 bits per heavy atom. The number of benzene rings is 1. The maximum absolute atomic E-state index is 5.21. The Hall–Kier alpha value is -1.75. The number of ether oxygens (including phenoxy) is 1. The highest BCUT2D eigenvalue weighted by atomic mass is 79.9. The van der Waals surface area contributed by atoms with E-state index in [4.69, 9.17) is 4.74 Å². The van der Waals surface area contributed by atoms with Crippen molar-refractivity contribution < 1.29 is 4.74 Å². The Kier molecular flexibility index (Phi) is 4.29. The zero-order chi connectivity index (χ0) is 14.7. The molecule has 0 saturated carbocycles. The van der Waals surface area contributed by atoms with Gasteiger partial charge >= 0.3 is 0 Å². The van der Waals surface area contributed by atoms with E-state index < -0.39 is 0 Å². The lowest BCUT2D eigenvalue weighted by Gasteiger charge is -2.37. The van der Waals surface area contributed by atoms with E-state index in [1.807, 2.05) is 24.5 Å². The highest BCUT2D eigenvalue weighted by molar-refractivity contribution is 9.10. The predicted octanol–water partition coefficient (Wildman–Crippen LogP) is 3.18. The van der Waals surface area contributed by atoms with Crippen molar-refractivity contribution in [1.82, 2.24) is 4.98 Å². The molecule has 5 heteroatoms. The summed E-state index contributed by atoms with van der Waals surface area (Å²) >= 11 is 3.58. The van der Waals surface area contributed by atoms with Gasteiger partial charge in [-0.25, -0.2) is 0 Å². The van der Waals surface area contributed by atoms with Crippen LogP contribution in [0.5, 0.6) is 5.75 Å². The van der Waals surface area contributed by atoms with Crippen molar-refractivity contribution in [3.05, 3.63) is 47.2 Å². The van der Waals surface area contributed by atoms with Gasteiger partial charge in [-0.2, -0.15) is 0 Å². The van der Waals surface area contributed by atoms with Crippen LogP contribution < -0.4 is 14.5 Å². The molecule has 0 bridgehead atoms. The van der Waals surface area contributed by atoms with Gasteiger partial charge < -0.3 is 14.5 Å². The highest BCUT2D eigenvalue weighted by Gasteiger charge is 2.18. The van der Waals surface area contributed by atoms with Crippen LogP contribution in [0.4, 0.5) is 11.4 Å². The largest absolute Gasteiger partial charge is 0.497 e. The van der Waals surface area contributed by atoms with Gasteiger partial charge in [-0.15, -0.1) is 0 Å². The molecule has 2 aromatic rings. The van der Waals surface area contributed by atoms with Crippen LogP contribution in [-0.2, 0) is 0 Å². The summed E-state index contributed by atoms with van der Waals surface area (Å²) in [4.78, 5) is 8.93. The average Bonchev–Trinajstić information content (AvgIpc) is 2.56. The van der Waals surface area contributed by atoms with Crippen LogP contribution in [-0.4, -0.2) is 38.3 Å². The van der Waals surface area contributed by atoms with Gasteiger partial charge in [0.15, 0.2) is 0 Å². The van der Waals surface area contributed by atoms with E-state index in [0.717, 1.165) is 36.4 Å². The Labute approximate surface area is 133 Å². The van der Waals surface area contributed by atoms with Crippen LogP contribution in [0.3, 0.4) is 0 Å². The lowest BCUT2D eigenvalue weighted by Crippen LogP contribution is -2.46. The van der Waals surface area contributed by atoms with E-state index in [1.54, 1.807) is 7.11 Å². The summed E-state index contributed by atoms with van der Waals surface area (Å²) in [6, 6.07) is 10.3. The molecule has 21 heavy (non-hydrogen) atoms. The summed E-state index contributed by atoms with van der Waals surface area (Å²) in [6.07, 6.45) is 3.70. The molecule has 0 spiro atoms. The van der Waals surface area contributed by atoms with Crippen molar-refractivity contribution in [1.29, 1.82) is 0 Å². The molecule has 1 saturated heterocycles. The molecule has 4 nitrogen and oxygen atoms in total. The van der Waals surface area contributed by atoms with Crippen LogP contribution in [0.15, 0.2) is 47.2 Å². The molecule has 0 atom stereocenters. The number of aromatic nitrogens is 1. The van der Waals surface area contributed by atoms with E-state index in [9.17, 15) is 0 Å². The summed E-state index contributed by atoms with van der Waals surface area (Å²) in [6.45, 7) is 4.05. The van der Waals surface area contributed by atoms with Crippen molar-refractivity contribution in [2.24, 2.45) is 0 Å². The second-order valence-corrected chi connectivity index (χ2v) is 5.85. The van der Waals surface area contributed by atoms with Gasteiger partial charge in [-0.1, -0.05) is 0 Å². The van der Waals surface area contributed by atoms with E-state index >= 15 is 0 Å². The summed E-state index contributed by atoms with van der Waals surface area (Å²) in [5.74, 6) is 0.901. The summed E-state index contributed by atoms with van der Waals surface area (Å²) in [7, 11) is 1.69. The third kappa shape index (κ3) is 3.13. The molecule has 2 heterocycles. The fourth-order valence-electron chi connectivity index (χ4n) is 2.62. The van der Waals surface area contributed by atoms with Gasteiger partial charge in [-0.3, -0.25) is 4.98 Å². The Morgan fingerprint density at radius 2 is 1.67 bits per heavy atom. The monoisotopic (exact) mass is 347 g/mol. The zero-order valence-electron chi connectivity index (χ0n) is 12.0. The third-order valence-corrected chi connectivity index (χ3v) is 4.42. The minimum Gasteiger partial charge on any atom is -0.497 e. The summed E-state index contributed by atoms with van der Waals surface area (Å²) in [5.41, 5.74) is 2.48. The molecule has 1 aromatic heterocycles. The fraction of sp³-hybridized carbons (Fsp3) is 0.312. The highest BCUT2D eigenvalue weighted by Crippen LogP contribution is 2.27. The molecule has 0 aliphatic carbocycles. The third-order valence-electron chi connectivity index (χ3n) is 3.81. The van der Waals surface area contributed by atoms with E-state index in [2.05, 4.69) is 48.9 Å². The molecule has 0 unspecified atom stereocenters. The van der Waals surface area contributed by atoms with Crippen molar-refractivity contribution in [3.63, 3.8) is 0 Å². The Balaban J connectivity index is 1.66. The minimum atomic E-state index is 0.901. The first-order valence-electron chi connectivity index (χ1n) is 7.01. The van der Waals surface area contributed by atoms with Crippen molar-refractivity contribution in [2.45, 2.75) is 0 Å². The fourth-order valence-corrected chi connectivity index (χ4v) is 3.12. The molecule has 3 rings (SSSR count). The van der Waals surface area contributed by atoms with Gasteiger partial charge in [0.1, 0.15) is 5.75 Å². The molecular weight excluding hydrogens is 330 g/mol. The Bertz CT molecular complexity index is 595. The second kappa shape index (κ2) is 6.35. The number of pyridine rings is 1. The lowest BCUT2D eigenvalue weighted by molar-refractivity contribution is 0.415. The smallest absolute Gasteiger partial charge is 0.119 e. The predicted molar refractivity (Wildman–Crippen MR) is 89.4 cm³/mol. The number of anilines is 2. The summed E-state index contributed by atoms with van der Waals surface area (Å²) in [5, 5.41) is 0. The molecule has 1 aliphatic heterocycles. The number of halogens is 1. The van der Waals surface area contributed by atoms with Gasteiger partial charge in [0, 0.05) is 44.3 Å². The van der Waals surface area contributed by atoms with Crippen LogP contribution in [0.1, 0.15) is 0 Å². The molecule has 1 aliphatic rings. The standard InChI is InChI=1S/C16H18BrN3O/c1-21-14-4-2-13(3-5-14)19-8-10-20(11-9-19)16-6-7-18-12-15(16)17/h2-7,12H,8-11H2,1H3. The normalized spacial score (nSPS) is 15.1. The topological polar surface area (TPSA) is 28.6 Å². The van der Waals surface area contributed by atoms with Crippen LogP contribution in [0.2, 0.25) is 0 Å². The molecule has 0 radical (unpaired) electrons. The quantitative estimate of drug-likeness (QED) is 0.852. The first kappa shape index (κ1) is 14.2. The van der Waals surface area contributed by atoms with Crippen molar-refractivity contribution in [3.8, 4) is 5.75 Å². The van der Waals surface area contributed by atoms with Gasteiger partial charge in [0.25, 0.3) is 0 Å². The molecule has 1 aromatic carbocycles. The second-order valence-electron chi connectivity index (χ2n) is 5.00. The van der Waals surface area contributed by atoms with Gasteiger partial charge in [0.05, 0.1) is 17.3 Å². The molecule has 0 amide bonds. The average molecular weight is 348 g/mol. The molecule has 110 valence electrons. The molecule has 0 N–H and O–H groups in total. The van der Waals surface area contributed by atoms with Crippen molar-refractivity contribution in [2.75, 3.05) is 43.1 Å². The number of rotatable bonds is 3. The van der Waals surface area contributed by atoms with Gasteiger partial charge in [0.2, 0.25) is 0 Å². The van der Waals surface area contributed by atoms with E-state index in [1.165, 1.54) is 11.4 Å². The molecule has 1 fully saturated rings. The lowest BCUT2D eigenvalue weighted by atomic mass is 10.2. The Morgan fingerprint density at radius 3 is 2.29 bits per heavy atom. The number of piperazine rings is 1. The zero-order valence-corrected chi connectivity index (χ0v) is 13.6. The summed E-state index contributed by atoms with van der Waals surface area (Å²) < 4.78 is 6.26. The maximum Gasteiger partial charge on any atom is 0.119 e. The van der Waals surface area contributed by atoms with E-state index in [0.29, 0.717) is 0 Å². The number of methoxy groups -OCH3 is 1. The van der Waals surface area contributed by atoms with Gasteiger partial charge in [-0.05, 0) is 46.3 Å². The SMILES string of the molecule is COc1ccc(N2CCN(c3ccncc3Br)CC2)cc1. The maximum atomic E-state index is 5.21.